The molecule has 10 heteroatoms. The van der Waals surface area contributed by atoms with Gasteiger partial charge in [-0.15, -0.1) is 11.8 Å². The second-order valence-corrected chi connectivity index (χ2v) is 11.3. The number of anilines is 2. The molecule has 0 aliphatic rings. The first-order valence-electron chi connectivity index (χ1n) is 13.9. The van der Waals surface area contributed by atoms with Crippen LogP contribution in [0.1, 0.15) is 40.4 Å². The van der Waals surface area contributed by atoms with Gasteiger partial charge in [0, 0.05) is 34.0 Å². The molecule has 9 nitrogen and oxygen atoms in total. The summed E-state index contributed by atoms with van der Waals surface area (Å²) in [5, 5.41) is 19.2. The van der Waals surface area contributed by atoms with Crippen molar-refractivity contribution in [1.29, 1.82) is 0 Å². The number of rotatable bonds is 11. The number of benzene rings is 4. The van der Waals surface area contributed by atoms with E-state index in [1.165, 1.54) is 42.1 Å². The molecule has 3 amide bonds. The molecule has 3 N–H and O–H groups in total. The number of non-ortho nitro benzene ring substituents is 1. The molecule has 0 fully saturated rings. The highest BCUT2D eigenvalue weighted by Crippen LogP contribution is 2.29. The highest BCUT2D eigenvalue weighted by molar-refractivity contribution is 8.00. The lowest BCUT2D eigenvalue weighted by atomic mass is 10.1. The minimum Gasteiger partial charge on any atom is -0.325 e. The molecule has 0 heterocycles. The summed E-state index contributed by atoms with van der Waals surface area (Å²) < 4.78 is 0. The Balaban J connectivity index is 1.52. The Hall–Kier alpha value is -5.22. The first kappa shape index (κ1) is 31.7. The maximum Gasteiger partial charge on any atom is 0.272 e. The minimum atomic E-state index is -0.588. The maximum atomic E-state index is 13.4. The van der Waals surface area contributed by atoms with E-state index < -0.39 is 16.7 Å². The number of aryl methyl sites for hydroxylation is 2. The van der Waals surface area contributed by atoms with Crippen LogP contribution in [0.25, 0.3) is 6.08 Å². The summed E-state index contributed by atoms with van der Waals surface area (Å²) in [5.41, 5.74) is 3.97. The highest BCUT2D eigenvalue weighted by atomic mass is 32.2. The Morgan fingerprint density at radius 3 is 2.30 bits per heavy atom. The lowest BCUT2D eigenvalue weighted by molar-refractivity contribution is -0.384. The maximum absolute atomic E-state index is 13.4. The SMILES string of the molecule is CCC(Sc1cccc(NC(=O)/C(=C\c2ccc([N+](=O)[O-])cc2)NC(=O)c2ccccc2)c1)C(=O)Nc1cc(C)ccc1C. The van der Waals surface area contributed by atoms with E-state index in [1.807, 2.05) is 45.0 Å². The average molecular weight is 609 g/mol. The zero-order valence-electron chi connectivity index (χ0n) is 24.5. The van der Waals surface area contributed by atoms with Crippen LogP contribution in [-0.2, 0) is 9.59 Å². The fourth-order valence-electron chi connectivity index (χ4n) is 4.22. The molecule has 44 heavy (non-hydrogen) atoms. The smallest absolute Gasteiger partial charge is 0.272 e. The molecular weight excluding hydrogens is 576 g/mol. The Morgan fingerprint density at radius 1 is 0.886 bits per heavy atom. The zero-order chi connectivity index (χ0) is 31.6. The molecule has 1 unspecified atom stereocenters. The molecule has 224 valence electrons. The zero-order valence-corrected chi connectivity index (χ0v) is 25.3. The molecule has 0 aliphatic heterocycles. The second-order valence-electron chi connectivity index (χ2n) is 10.0. The average Bonchev–Trinajstić information content (AvgIpc) is 3.02. The molecule has 0 saturated heterocycles. The van der Waals surface area contributed by atoms with Crippen molar-refractivity contribution in [2.45, 2.75) is 37.3 Å². The number of hydrogen-bond acceptors (Lipinski definition) is 6. The number of hydrogen-bond donors (Lipinski definition) is 3. The van der Waals surface area contributed by atoms with E-state index in [-0.39, 0.29) is 22.5 Å². The van der Waals surface area contributed by atoms with Crippen molar-refractivity contribution in [3.63, 3.8) is 0 Å². The van der Waals surface area contributed by atoms with Gasteiger partial charge in [-0.2, -0.15) is 0 Å². The van der Waals surface area contributed by atoms with Gasteiger partial charge in [0.15, 0.2) is 0 Å². The van der Waals surface area contributed by atoms with Gasteiger partial charge in [0.2, 0.25) is 5.91 Å². The van der Waals surface area contributed by atoms with Crippen LogP contribution in [0.3, 0.4) is 0 Å². The number of nitro groups is 1. The molecule has 4 aromatic rings. The fourth-order valence-corrected chi connectivity index (χ4v) is 5.23. The van der Waals surface area contributed by atoms with Gasteiger partial charge in [0.25, 0.3) is 17.5 Å². The summed E-state index contributed by atoms with van der Waals surface area (Å²) in [5.74, 6) is -1.19. The highest BCUT2D eigenvalue weighted by Gasteiger charge is 2.20. The van der Waals surface area contributed by atoms with Gasteiger partial charge >= 0.3 is 0 Å². The summed E-state index contributed by atoms with van der Waals surface area (Å²) in [6, 6.07) is 27.1. The van der Waals surface area contributed by atoms with E-state index in [0.29, 0.717) is 23.2 Å². The molecule has 1 atom stereocenters. The molecule has 4 aromatic carbocycles. The van der Waals surface area contributed by atoms with Gasteiger partial charge < -0.3 is 16.0 Å². The monoisotopic (exact) mass is 608 g/mol. The predicted octanol–water partition coefficient (Wildman–Crippen LogP) is 7.13. The van der Waals surface area contributed by atoms with Gasteiger partial charge in [-0.1, -0.05) is 43.3 Å². The normalized spacial score (nSPS) is 11.8. The molecule has 0 aliphatic carbocycles. The van der Waals surface area contributed by atoms with Gasteiger partial charge in [-0.3, -0.25) is 24.5 Å². The third kappa shape index (κ3) is 8.65. The molecular formula is C34H32N4O5S. The molecule has 0 saturated carbocycles. The van der Waals surface area contributed by atoms with E-state index in [9.17, 15) is 24.5 Å². The Bertz CT molecular complexity index is 1700. The number of amides is 3. The van der Waals surface area contributed by atoms with Crippen LogP contribution >= 0.6 is 11.8 Å². The molecule has 0 aromatic heterocycles. The van der Waals surface area contributed by atoms with Crippen molar-refractivity contribution in [1.82, 2.24) is 5.32 Å². The first-order chi connectivity index (χ1) is 21.1. The summed E-state index contributed by atoms with van der Waals surface area (Å²) in [6.45, 7) is 5.86. The molecule has 0 spiro atoms. The number of carbonyl (C=O) groups is 3. The number of carbonyl (C=O) groups excluding carboxylic acids is 3. The standard InChI is InChI=1S/C34H32N4O5S/c1-4-31(34(41)36-29-19-22(2)13-14-23(29)3)44-28-12-8-11-26(21-28)35-33(40)30(37-32(39)25-9-6-5-7-10-25)20-24-15-17-27(18-16-24)38(42)43/h5-21,31H,4H2,1-3H3,(H,35,40)(H,36,41)(H,37,39)/b30-20+. The molecule has 4 rings (SSSR count). The van der Waals surface area contributed by atoms with Crippen molar-refractivity contribution in [2.24, 2.45) is 0 Å². The van der Waals surface area contributed by atoms with Crippen molar-refractivity contribution < 1.29 is 19.3 Å². The Kier molecular flexibility index (Phi) is 10.7. The third-order valence-electron chi connectivity index (χ3n) is 6.63. The van der Waals surface area contributed by atoms with Crippen LogP contribution in [0.4, 0.5) is 17.1 Å². The van der Waals surface area contributed by atoms with Crippen LogP contribution in [0, 0.1) is 24.0 Å². The number of nitrogens with one attached hydrogen (secondary N) is 3. The van der Waals surface area contributed by atoms with Crippen molar-refractivity contribution in [2.75, 3.05) is 10.6 Å². The van der Waals surface area contributed by atoms with E-state index in [2.05, 4.69) is 16.0 Å². The van der Waals surface area contributed by atoms with Gasteiger partial charge in [0.1, 0.15) is 5.70 Å². The lowest BCUT2D eigenvalue weighted by Crippen LogP contribution is -2.30. The van der Waals surface area contributed by atoms with Crippen molar-refractivity contribution in [3.05, 3.63) is 135 Å². The van der Waals surface area contributed by atoms with Crippen molar-refractivity contribution in [3.8, 4) is 0 Å². The molecule has 0 radical (unpaired) electrons. The second kappa shape index (κ2) is 14.8. The van der Waals surface area contributed by atoms with E-state index in [0.717, 1.165) is 21.7 Å². The van der Waals surface area contributed by atoms with Crippen LogP contribution in [0.5, 0.6) is 0 Å². The predicted molar refractivity (Wildman–Crippen MR) is 175 cm³/mol. The van der Waals surface area contributed by atoms with Crippen LogP contribution in [0.15, 0.2) is 108 Å². The van der Waals surface area contributed by atoms with Gasteiger partial charge in [-0.25, -0.2) is 0 Å². The number of nitro benzene ring substituents is 1. The Morgan fingerprint density at radius 2 is 1.61 bits per heavy atom. The van der Waals surface area contributed by atoms with E-state index in [4.69, 9.17) is 0 Å². The van der Waals surface area contributed by atoms with E-state index >= 15 is 0 Å². The van der Waals surface area contributed by atoms with Crippen LogP contribution in [0.2, 0.25) is 0 Å². The summed E-state index contributed by atoms with van der Waals surface area (Å²) in [4.78, 5) is 50.8. The van der Waals surface area contributed by atoms with Crippen molar-refractivity contribution >= 4 is 52.6 Å². The Labute approximate surface area is 259 Å². The third-order valence-corrected chi connectivity index (χ3v) is 7.99. The summed E-state index contributed by atoms with van der Waals surface area (Å²) in [6.07, 6.45) is 2.04. The van der Waals surface area contributed by atoms with Crippen LogP contribution < -0.4 is 16.0 Å². The quantitative estimate of drug-likeness (QED) is 0.0719. The molecule has 0 bridgehead atoms. The lowest BCUT2D eigenvalue weighted by Gasteiger charge is -2.17. The number of thioether (sulfide) groups is 1. The summed E-state index contributed by atoms with van der Waals surface area (Å²) in [7, 11) is 0. The van der Waals surface area contributed by atoms with Gasteiger partial charge in [-0.05, 0) is 91.6 Å². The van der Waals surface area contributed by atoms with Crippen LogP contribution in [-0.4, -0.2) is 27.9 Å². The summed E-state index contributed by atoms with van der Waals surface area (Å²) >= 11 is 1.39. The van der Waals surface area contributed by atoms with E-state index in [1.54, 1.807) is 48.5 Å². The fraction of sp³-hybridized carbons (Fsp3) is 0.147. The topological polar surface area (TPSA) is 130 Å². The van der Waals surface area contributed by atoms with Gasteiger partial charge in [0.05, 0.1) is 10.2 Å². The first-order valence-corrected chi connectivity index (χ1v) is 14.8. The minimum absolute atomic E-state index is 0.0508. The number of nitrogens with zero attached hydrogens (tertiary/aromatic N) is 1. The largest absolute Gasteiger partial charge is 0.325 e.